The minimum absolute atomic E-state index is 0.0261. The Morgan fingerprint density at radius 2 is 1.18 bits per heavy atom. The molecular weight excluding hydrogens is 418 g/mol. The molecule has 3 N–H and O–H groups in total. The Hall–Kier alpha value is -3.03. The summed E-state index contributed by atoms with van der Waals surface area (Å²) in [4.78, 5) is 11.8. The highest BCUT2D eigenvalue weighted by atomic mass is 16.6. The lowest BCUT2D eigenvalue weighted by Crippen LogP contribution is -2.45. The van der Waals surface area contributed by atoms with Crippen LogP contribution in [-0.2, 0) is 38.8 Å². The molecule has 0 heterocycles. The van der Waals surface area contributed by atoms with E-state index in [0.717, 1.165) is 16.7 Å². The van der Waals surface area contributed by atoms with Crippen molar-refractivity contribution in [1.82, 2.24) is 0 Å². The molecule has 0 saturated carbocycles. The van der Waals surface area contributed by atoms with E-state index in [-0.39, 0.29) is 26.2 Å². The highest BCUT2D eigenvalue weighted by Gasteiger charge is 2.32. The van der Waals surface area contributed by atoms with Crippen LogP contribution in [0.5, 0.6) is 0 Å². The molecular formula is C27H31NO5. The Bertz CT molecular complexity index is 937. The Kier molecular flexibility index (Phi) is 10.1. The third kappa shape index (κ3) is 8.79. The second-order valence-corrected chi connectivity index (χ2v) is 7.83. The van der Waals surface area contributed by atoms with Gasteiger partial charge in [0.25, 0.3) is 0 Å². The van der Waals surface area contributed by atoms with Gasteiger partial charge < -0.3 is 25.1 Å². The minimum atomic E-state index is -1.02. The molecule has 3 rings (SSSR count). The lowest BCUT2D eigenvalue weighted by molar-refractivity contribution is -0.154. The molecule has 1 amide bonds. The summed E-state index contributed by atoms with van der Waals surface area (Å²) < 4.78 is 17.8. The van der Waals surface area contributed by atoms with Crippen LogP contribution < -0.4 is 5.73 Å². The van der Waals surface area contributed by atoms with Crippen LogP contribution in [0.2, 0.25) is 0 Å². The number of primary amides is 1. The van der Waals surface area contributed by atoms with Crippen LogP contribution in [0, 0.1) is 0 Å². The summed E-state index contributed by atoms with van der Waals surface area (Å²) in [6.45, 7) is 0.903. The van der Waals surface area contributed by atoms with Gasteiger partial charge in [0.05, 0.1) is 39.0 Å². The zero-order valence-electron chi connectivity index (χ0n) is 18.6. The van der Waals surface area contributed by atoms with Crippen molar-refractivity contribution in [3.8, 4) is 0 Å². The summed E-state index contributed by atoms with van der Waals surface area (Å²) in [6.07, 6.45) is -2.64. The molecule has 0 radical (unpaired) electrons. The van der Waals surface area contributed by atoms with Gasteiger partial charge in [-0.15, -0.1) is 0 Å². The number of aliphatic hydroxyl groups is 1. The van der Waals surface area contributed by atoms with Gasteiger partial charge in [-0.3, -0.25) is 4.79 Å². The fourth-order valence-electron chi connectivity index (χ4n) is 3.45. The average Bonchev–Trinajstić information content (AvgIpc) is 2.84. The molecule has 0 fully saturated rings. The predicted molar refractivity (Wildman–Crippen MR) is 126 cm³/mol. The number of ether oxygens (including phenoxy) is 3. The number of nitrogens with two attached hydrogens (primary N) is 1. The van der Waals surface area contributed by atoms with E-state index in [1.807, 2.05) is 91.0 Å². The minimum Gasteiger partial charge on any atom is -0.388 e. The van der Waals surface area contributed by atoms with Crippen LogP contribution in [0.3, 0.4) is 0 Å². The first-order valence-electron chi connectivity index (χ1n) is 11.0. The third-order valence-electron chi connectivity index (χ3n) is 5.14. The van der Waals surface area contributed by atoms with Crippen molar-refractivity contribution in [2.75, 3.05) is 6.61 Å². The molecule has 0 spiro atoms. The van der Waals surface area contributed by atoms with Gasteiger partial charge in [0, 0.05) is 0 Å². The van der Waals surface area contributed by atoms with Crippen molar-refractivity contribution >= 4 is 5.91 Å². The summed E-state index contributed by atoms with van der Waals surface area (Å²) in [7, 11) is 0. The van der Waals surface area contributed by atoms with E-state index in [4.69, 9.17) is 19.9 Å². The zero-order chi connectivity index (χ0) is 23.3. The van der Waals surface area contributed by atoms with Gasteiger partial charge in [-0.1, -0.05) is 91.0 Å². The Labute approximate surface area is 194 Å². The lowest BCUT2D eigenvalue weighted by Gasteiger charge is -2.30. The van der Waals surface area contributed by atoms with E-state index in [9.17, 15) is 9.90 Å². The molecule has 33 heavy (non-hydrogen) atoms. The van der Waals surface area contributed by atoms with E-state index in [0.29, 0.717) is 6.61 Å². The van der Waals surface area contributed by atoms with Gasteiger partial charge >= 0.3 is 0 Å². The van der Waals surface area contributed by atoms with Crippen molar-refractivity contribution in [2.24, 2.45) is 5.73 Å². The second-order valence-electron chi connectivity index (χ2n) is 7.83. The predicted octanol–water partition coefficient (Wildman–Crippen LogP) is 3.61. The summed E-state index contributed by atoms with van der Waals surface area (Å²) in [5, 5.41) is 11.0. The van der Waals surface area contributed by atoms with Crippen molar-refractivity contribution < 1.29 is 24.1 Å². The molecule has 3 aromatic rings. The standard InChI is InChI=1S/C27H31NO5/c28-26(30)16-25(32-18-22-12-6-2-7-13-22)27(33-19-23-14-8-3-9-15-23)24(29)20-31-17-21-10-4-1-5-11-21/h1-15,24-25,27,29H,16-20H2,(H2,28,30)/t24?,25-,27+/m1/s1. The fourth-order valence-corrected chi connectivity index (χ4v) is 3.45. The van der Waals surface area contributed by atoms with Gasteiger partial charge in [-0.25, -0.2) is 0 Å². The summed E-state index contributed by atoms with van der Waals surface area (Å²) in [5.74, 6) is -0.529. The molecule has 0 aromatic heterocycles. The van der Waals surface area contributed by atoms with E-state index in [2.05, 4.69) is 0 Å². The fraction of sp³-hybridized carbons (Fsp3) is 0.296. The maximum atomic E-state index is 11.8. The molecule has 6 nitrogen and oxygen atoms in total. The van der Waals surface area contributed by atoms with Crippen LogP contribution in [0.25, 0.3) is 0 Å². The largest absolute Gasteiger partial charge is 0.388 e. The molecule has 174 valence electrons. The third-order valence-corrected chi connectivity index (χ3v) is 5.14. The number of hydrogen-bond donors (Lipinski definition) is 2. The maximum Gasteiger partial charge on any atom is 0.220 e. The van der Waals surface area contributed by atoms with E-state index < -0.39 is 24.2 Å². The Morgan fingerprint density at radius 3 is 1.67 bits per heavy atom. The smallest absolute Gasteiger partial charge is 0.220 e. The van der Waals surface area contributed by atoms with Gasteiger partial charge in [-0.2, -0.15) is 0 Å². The monoisotopic (exact) mass is 449 g/mol. The van der Waals surface area contributed by atoms with Crippen LogP contribution in [0.4, 0.5) is 0 Å². The van der Waals surface area contributed by atoms with Gasteiger partial charge in [-0.05, 0) is 16.7 Å². The van der Waals surface area contributed by atoms with E-state index in [1.165, 1.54) is 0 Å². The topological polar surface area (TPSA) is 91.0 Å². The van der Waals surface area contributed by atoms with Crippen LogP contribution in [-0.4, -0.2) is 35.9 Å². The van der Waals surface area contributed by atoms with Gasteiger partial charge in [0.2, 0.25) is 5.91 Å². The summed E-state index contributed by atoms with van der Waals surface area (Å²) in [6, 6.07) is 28.9. The molecule has 0 aliphatic rings. The number of rotatable bonds is 14. The maximum absolute atomic E-state index is 11.8. The van der Waals surface area contributed by atoms with E-state index >= 15 is 0 Å². The van der Waals surface area contributed by atoms with Crippen LogP contribution >= 0.6 is 0 Å². The summed E-state index contributed by atoms with van der Waals surface area (Å²) in [5.41, 5.74) is 8.39. The molecule has 0 aliphatic carbocycles. The summed E-state index contributed by atoms with van der Waals surface area (Å²) >= 11 is 0. The molecule has 1 unspecified atom stereocenters. The molecule has 6 heteroatoms. The lowest BCUT2D eigenvalue weighted by atomic mass is 10.0. The van der Waals surface area contributed by atoms with Crippen molar-refractivity contribution in [1.29, 1.82) is 0 Å². The van der Waals surface area contributed by atoms with Crippen molar-refractivity contribution in [2.45, 2.75) is 44.6 Å². The quantitative estimate of drug-likeness (QED) is 0.392. The molecule has 0 aliphatic heterocycles. The Morgan fingerprint density at radius 1 is 0.727 bits per heavy atom. The SMILES string of the molecule is NC(=O)C[C@@H](OCc1ccccc1)[C@@H](OCc1ccccc1)C(O)COCc1ccccc1. The zero-order valence-corrected chi connectivity index (χ0v) is 18.6. The molecule has 0 bridgehead atoms. The van der Waals surface area contributed by atoms with E-state index in [1.54, 1.807) is 0 Å². The molecule has 0 saturated heterocycles. The first kappa shape index (κ1) is 24.6. The van der Waals surface area contributed by atoms with Crippen molar-refractivity contribution in [3.05, 3.63) is 108 Å². The molecule has 3 aromatic carbocycles. The average molecular weight is 450 g/mol. The van der Waals surface area contributed by atoms with Gasteiger partial charge in [0.1, 0.15) is 12.2 Å². The highest BCUT2D eigenvalue weighted by Crippen LogP contribution is 2.18. The van der Waals surface area contributed by atoms with Crippen LogP contribution in [0.1, 0.15) is 23.1 Å². The number of carbonyl (C=O) groups is 1. The highest BCUT2D eigenvalue weighted by molar-refractivity contribution is 5.74. The second kappa shape index (κ2) is 13.5. The number of amides is 1. The Balaban J connectivity index is 1.68. The number of aliphatic hydroxyl groups excluding tert-OH is 1. The normalized spacial score (nSPS) is 13.8. The number of benzene rings is 3. The van der Waals surface area contributed by atoms with Crippen LogP contribution in [0.15, 0.2) is 91.0 Å². The first-order valence-corrected chi connectivity index (χ1v) is 11.0. The first-order chi connectivity index (χ1) is 16.1. The number of hydrogen-bond acceptors (Lipinski definition) is 5. The number of carbonyl (C=O) groups excluding carboxylic acids is 1. The van der Waals surface area contributed by atoms with Gasteiger partial charge in [0.15, 0.2) is 0 Å². The van der Waals surface area contributed by atoms with Crippen molar-refractivity contribution in [3.63, 3.8) is 0 Å². The molecule has 3 atom stereocenters.